The maximum atomic E-state index is 13.1. The second kappa shape index (κ2) is 5.63. The van der Waals surface area contributed by atoms with Crippen molar-refractivity contribution in [3.63, 3.8) is 0 Å². The van der Waals surface area contributed by atoms with Crippen LogP contribution in [0, 0.1) is 18.2 Å². The van der Waals surface area contributed by atoms with Crippen molar-refractivity contribution in [3.8, 4) is 0 Å². The van der Waals surface area contributed by atoms with Gasteiger partial charge < -0.3 is 5.32 Å². The molecule has 0 aliphatic carbocycles. The SMILES string of the molecule is CCNC(CC(C)(C)C)c1ccc(F)cc1C. The minimum atomic E-state index is -0.155. The average molecular weight is 237 g/mol. The van der Waals surface area contributed by atoms with Crippen LogP contribution in [-0.4, -0.2) is 6.54 Å². The van der Waals surface area contributed by atoms with Gasteiger partial charge in [-0.2, -0.15) is 0 Å². The number of hydrogen-bond donors (Lipinski definition) is 1. The zero-order valence-corrected chi connectivity index (χ0v) is 11.6. The van der Waals surface area contributed by atoms with E-state index in [0.29, 0.717) is 6.04 Å². The Balaban J connectivity index is 2.97. The average Bonchev–Trinajstić information content (AvgIpc) is 2.14. The molecule has 1 N–H and O–H groups in total. The minimum Gasteiger partial charge on any atom is -0.310 e. The topological polar surface area (TPSA) is 12.0 Å². The number of halogens is 1. The van der Waals surface area contributed by atoms with E-state index in [1.165, 1.54) is 5.56 Å². The van der Waals surface area contributed by atoms with Gasteiger partial charge >= 0.3 is 0 Å². The Morgan fingerprint density at radius 3 is 2.41 bits per heavy atom. The highest BCUT2D eigenvalue weighted by Crippen LogP contribution is 2.31. The van der Waals surface area contributed by atoms with Crippen molar-refractivity contribution in [3.05, 3.63) is 35.1 Å². The largest absolute Gasteiger partial charge is 0.310 e. The summed E-state index contributed by atoms with van der Waals surface area (Å²) in [6.07, 6.45) is 1.05. The lowest BCUT2D eigenvalue weighted by atomic mass is 9.84. The Bertz CT molecular complexity index is 366. The zero-order valence-electron chi connectivity index (χ0n) is 11.6. The summed E-state index contributed by atoms with van der Waals surface area (Å²) in [6.45, 7) is 11.7. The molecule has 0 aliphatic heterocycles. The predicted molar refractivity (Wildman–Crippen MR) is 71.6 cm³/mol. The van der Waals surface area contributed by atoms with Gasteiger partial charge in [-0.05, 0) is 48.6 Å². The van der Waals surface area contributed by atoms with E-state index in [1.807, 2.05) is 13.0 Å². The van der Waals surface area contributed by atoms with Crippen LogP contribution in [0.4, 0.5) is 4.39 Å². The summed E-state index contributed by atoms with van der Waals surface area (Å²) in [5.41, 5.74) is 2.50. The first-order valence-corrected chi connectivity index (χ1v) is 6.33. The lowest BCUT2D eigenvalue weighted by Crippen LogP contribution is -2.26. The predicted octanol–water partition coefficient (Wildman–Crippen LogP) is 4.22. The molecular formula is C15H24FN. The molecular weight excluding hydrogens is 213 g/mol. The van der Waals surface area contributed by atoms with Crippen molar-refractivity contribution >= 4 is 0 Å². The highest BCUT2D eigenvalue weighted by atomic mass is 19.1. The summed E-state index contributed by atoms with van der Waals surface area (Å²) in [7, 11) is 0. The molecule has 1 rings (SSSR count). The van der Waals surface area contributed by atoms with Crippen molar-refractivity contribution in [2.75, 3.05) is 6.54 Å². The van der Waals surface area contributed by atoms with Crippen molar-refractivity contribution < 1.29 is 4.39 Å². The van der Waals surface area contributed by atoms with Gasteiger partial charge in [0.1, 0.15) is 5.82 Å². The molecule has 17 heavy (non-hydrogen) atoms. The van der Waals surface area contributed by atoms with Crippen LogP contribution in [0.5, 0.6) is 0 Å². The molecule has 0 aliphatic rings. The van der Waals surface area contributed by atoms with Crippen LogP contribution in [-0.2, 0) is 0 Å². The molecule has 96 valence electrons. The van der Waals surface area contributed by atoms with Crippen LogP contribution in [0.3, 0.4) is 0 Å². The standard InChI is InChI=1S/C15H24FN/c1-6-17-14(10-15(3,4)5)13-8-7-12(16)9-11(13)2/h7-9,14,17H,6,10H2,1-5H3. The van der Waals surface area contributed by atoms with Crippen LogP contribution in [0.25, 0.3) is 0 Å². The summed E-state index contributed by atoms with van der Waals surface area (Å²) in [5, 5.41) is 3.49. The molecule has 1 unspecified atom stereocenters. The molecule has 0 bridgehead atoms. The van der Waals surface area contributed by atoms with E-state index in [1.54, 1.807) is 12.1 Å². The molecule has 0 amide bonds. The Hall–Kier alpha value is -0.890. The number of aryl methyl sites for hydroxylation is 1. The summed E-state index contributed by atoms with van der Waals surface area (Å²) in [4.78, 5) is 0. The first kappa shape index (κ1) is 14.2. The number of benzene rings is 1. The van der Waals surface area contributed by atoms with Gasteiger partial charge in [0.2, 0.25) is 0 Å². The molecule has 1 aromatic carbocycles. The highest BCUT2D eigenvalue weighted by molar-refractivity contribution is 5.29. The molecule has 0 spiro atoms. The maximum absolute atomic E-state index is 13.1. The quantitative estimate of drug-likeness (QED) is 0.826. The minimum absolute atomic E-state index is 0.155. The maximum Gasteiger partial charge on any atom is 0.123 e. The highest BCUT2D eigenvalue weighted by Gasteiger charge is 2.20. The van der Waals surface area contributed by atoms with E-state index in [0.717, 1.165) is 18.5 Å². The van der Waals surface area contributed by atoms with Gasteiger partial charge in [0.05, 0.1) is 0 Å². The second-order valence-electron chi connectivity index (χ2n) is 5.88. The Morgan fingerprint density at radius 2 is 1.94 bits per heavy atom. The van der Waals surface area contributed by atoms with Crippen LogP contribution in [0.15, 0.2) is 18.2 Å². The zero-order chi connectivity index (χ0) is 13.1. The van der Waals surface area contributed by atoms with Gasteiger partial charge in [-0.15, -0.1) is 0 Å². The van der Waals surface area contributed by atoms with Crippen LogP contribution < -0.4 is 5.32 Å². The molecule has 1 aromatic rings. The molecule has 2 heteroatoms. The van der Waals surface area contributed by atoms with Crippen molar-refractivity contribution in [2.45, 2.75) is 47.1 Å². The number of hydrogen-bond acceptors (Lipinski definition) is 1. The number of nitrogens with one attached hydrogen (secondary N) is 1. The summed E-state index contributed by atoms with van der Waals surface area (Å²) in [5.74, 6) is -0.155. The first-order valence-electron chi connectivity index (χ1n) is 6.33. The van der Waals surface area contributed by atoms with E-state index >= 15 is 0 Å². The van der Waals surface area contributed by atoms with Crippen LogP contribution >= 0.6 is 0 Å². The van der Waals surface area contributed by atoms with Gasteiger partial charge in [-0.25, -0.2) is 4.39 Å². The smallest absolute Gasteiger partial charge is 0.123 e. The first-order chi connectivity index (χ1) is 7.83. The van der Waals surface area contributed by atoms with E-state index < -0.39 is 0 Å². The molecule has 0 aromatic heterocycles. The molecule has 0 saturated heterocycles. The fraction of sp³-hybridized carbons (Fsp3) is 0.600. The molecule has 1 nitrogen and oxygen atoms in total. The monoisotopic (exact) mass is 237 g/mol. The fourth-order valence-corrected chi connectivity index (χ4v) is 2.18. The molecule has 0 saturated carbocycles. The van der Waals surface area contributed by atoms with E-state index in [2.05, 4.69) is 33.0 Å². The van der Waals surface area contributed by atoms with E-state index in [4.69, 9.17) is 0 Å². The van der Waals surface area contributed by atoms with E-state index in [-0.39, 0.29) is 11.2 Å². The third-order valence-electron chi connectivity index (χ3n) is 2.87. The van der Waals surface area contributed by atoms with Crippen LogP contribution in [0.2, 0.25) is 0 Å². The summed E-state index contributed by atoms with van der Waals surface area (Å²) < 4.78 is 13.1. The lowest BCUT2D eigenvalue weighted by molar-refractivity contribution is 0.313. The van der Waals surface area contributed by atoms with Crippen molar-refractivity contribution in [2.24, 2.45) is 5.41 Å². The second-order valence-corrected chi connectivity index (χ2v) is 5.88. The summed E-state index contributed by atoms with van der Waals surface area (Å²) in [6, 6.07) is 5.38. The van der Waals surface area contributed by atoms with E-state index in [9.17, 15) is 4.39 Å². The van der Waals surface area contributed by atoms with Gasteiger partial charge in [0.15, 0.2) is 0 Å². The third-order valence-corrected chi connectivity index (χ3v) is 2.87. The van der Waals surface area contributed by atoms with Crippen molar-refractivity contribution in [1.82, 2.24) is 5.32 Å². The Kier molecular flexibility index (Phi) is 4.70. The van der Waals surface area contributed by atoms with Gasteiger partial charge in [-0.3, -0.25) is 0 Å². The fourth-order valence-electron chi connectivity index (χ4n) is 2.18. The Labute approximate surface area is 104 Å². The van der Waals surface area contributed by atoms with Crippen LogP contribution in [0.1, 0.15) is 51.3 Å². The normalized spacial score (nSPS) is 13.8. The van der Waals surface area contributed by atoms with Gasteiger partial charge in [0, 0.05) is 6.04 Å². The lowest BCUT2D eigenvalue weighted by Gasteiger charge is -2.28. The third kappa shape index (κ3) is 4.47. The van der Waals surface area contributed by atoms with Crippen molar-refractivity contribution in [1.29, 1.82) is 0 Å². The molecule has 0 heterocycles. The Morgan fingerprint density at radius 1 is 1.29 bits per heavy atom. The molecule has 0 radical (unpaired) electrons. The summed E-state index contributed by atoms with van der Waals surface area (Å²) >= 11 is 0. The molecule has 1 atom stereocenters. The number of rotatable bonds is 4. The van der Waals surface area contributed by atoms with Gasteiger partial charge in [0.25, 0.3) is 0 Å². The van der Waals surface area contributed by atoms with Gasteiger partial charge in [-0.1, -0.05) is 33.8 Å². The molecule has 0 fully saturated rings.